The summed E-state index contributed by atoms with van der Waals surface area (Å²) < 4.78 is 6.86. The first kappa shape index (κ1) is 12.5. The molecule has 15 heavy (non-hydrogen) atoms. The van der Waals surface area contributed by atoms with Crippen molar-refractivity contribution in [3.8, 4) is 0 Å². The van der Waals surface area contributed by atoms with E-state index < -0.39 is 0 Å². The Morgan fingerprint density at radius 3 is 2.53 bits per heavy atom. The second kappa shape index (κ2) is 6.08. The molecule has 1 heterocycles. The van der Waals surface area contributed by atoms with Crippen molar-refractivity contribution in [1.29, 1.82) is 0 Å². The Hall–Kier alpha value is -0.610. The van der Waals surface area contributed by atoms with Crippen molar-refractivity contribution >= 4 is 11.3 Å². The molecule has 0 radical (unpaired) electrons. The molecule has 1 aromatic heterocycles. The quantitative estimate of drug-likeness (QED) is 0.701. The molecule has 0 fully saturated rings. The maximum atomic E-state index is 11.5. The number of rotatable bonds is 6. The van der Waals surface area contributed by atoms with Gasteiger partial charge in [-0.05, 0) is 33.1 Å². The van der Waals surface area contributed by atoms with E-state index in [2.05, 4.69) is 0 Å². The lowest BCUT2D eigenvalue weighted by Gasteiger charge is -2.04. The molecule has 0 spiro atoms. The largest absolute Gasteiger partial charge is 0.385 e. The van der Waals surface area contributed by atoms with E-state index in [0.717, 1.165) is 43.0 Å². The van der Waals surface area contributed by atoms with Crippen LogP contribution in [0.5, 0.6) is 0 Å². The summed E-state index contributed by atoms with van der Waals surface area (Å²) in [5, 5.41) is 0. The van der Waals surface area contributed by atoms with E-state index in [1.54, 1.807) is 7.11 Å². The zero-order valence-corrected chi connectivity index (χ0v) is 10.5. The van der Waals surface area contributed by atoms with Crippen LogP contribution in [0, 0.1) is 13.8 Å². The summed E-state index contributed by atoms with van der Waals surface area (Å²) in [6.07, 6.45) is 3.25. The number of nitrogens with zero attached hydrogens (tertiary/aromatic N) is 1. The van der Waals surface area contributed by atoms with E-state index in [9.17, 15) is 4.79 Å². The van der Waals surface area contributed by atoms with Gasteiger partial charge >= 0.3 is 4.87 Å². The molecule has 0 aliphatic carbocycles. The van der Waals surface area contributed by atoms with Crippen LogP contribution in [0.1, 0.15) is 29.8 Å². The number of ether oxygens (including phenoxy) is 1. The molecule has 0 unspecified atom stereocenters. The first-order valence-corrected chi connectivity index (χ1v) is 6.14. The molecule has 0 N–H and O–H groups in total. The molecule has 0 atom stereocenters. The van der Waals surface area contributed by atoms with Crippen LogP contribution in [0.15, 0.2) is 4.79 Å². The van der Waals surface area contributed by atoms with E-state index in [0.29, 0.717) is 0 Å². The van der Waals surface area contributed by atoms with Gasteiger partial charge in [-0.25, -0.2) is 0 Å². The Balaban J connectivity index is 2.41. The van der Waals surface area contributed by atoms with E-state index in [4.69, 9.17) is 4.74 Å². The van der Waals surface area contributed by atoms with Crippen LogP contribution in [-0.2, 0) is 11.3 Å². The van der Waals surface area contributed by atoms with Gasteiger partial charge in [-0.1, -0.05) is 11.3 Å². The topological polar surface area (TPSA) is 31.2 Å². The van der Waals surface area contributed by atoms with Crippen LogP contribution in [0.4, 0.5) is 0 Å². The van der Waals surface area contributed by atoms with Gasteiger partial charge < -0.3 is 9.30 Å². The van der Waals surface area contributed by atoms with Crippen LogP contribution in [-0.4, -0.2) is 18.3 Å². The molecule has 0 saturated heterocycles. The lowest BCUT2D eigenvalue weighted by Crippen LogP contribution is -2.14. The summed E-state index contributed by atoms with van der Waals surface area (Å²) in [6, 6.07) is 0. The predicted octanol–water partition coefficient (Wildman–Crippen LogP) is 2.34. The Bertz CT molecular complexity index is 354. The second-order valence-corrected chi connectivity index (χ2v) is 4.88. The van der Waals surface area contributed by atoms with Crippen molar-refractivity contribution in [2.24, 2.45) is 0 Å². The van der Waals surface area contributed by atoms with Crippen LogP contribution in [0.2, 0.25) is 0 Å². The van der Waals surface area contributed by atoms with Gasteiger partial charge in [0.2, 0.25) is 0 Å². The molecule has 1 aromatic rings. The zero-order valence-electron chi connectivity index (χ0n) is 9.71. The van der Waals surface area contributed by atoms with Crippen molar-refractivity contribution < 1.29 is 4.74 Å². The fraction of sp³-hybridized carbons (Fsp3) is 0.727. The highest BCUT2D eigenvalue weighted by Gasteiger charge is 2.06. The normalized spacial score (nSPS) is 10.9. The molecule has 0 bridgehead atoms. The first-order chi connectivity index (χ1) is 7.16. The summed E-state index contributed by atoms with van der Waals surface area (Å²) in [5.41, 5.74) is 1.12. The molecule has 3 nitrogen and oxygen atoms in total. The summed E-state index contributed by atoms with van der Waals surface area (Å²) in [6.45, 7) is 5.68. The Labute approximate surface area is 94.7 Å². The highest BCUT2D eigenvalue weighted by Crippen LogP contribution is 2.10. The van der Waals surface area contributed by atoms with E-state index in [1.165, 1.54) is 11.3 Å². The fourth-order valence-corrected chi connectivity index (χ4v) is 2.40. The molecule has 0 aliphatic rings. The minimum atomic E-state index is 0.178. The molecule has 0 aromatic carbocycles. The van der Waals surface area contributed by atoms with Crippen molar-refractivity contribution in [1.82, 2.24) is 4.57 Å². The summed E-state index contributed by atoms with van der Waals surface area (Å²) >= 11 is 1.35. The van der Waals surface area contributed by atoms with E-state index >= 15 is 0 Å². The molecular formula is C11H19NO2S. The van der Waals surface area contributed by atoms with Crippen LogP contribution in [0.3, 0.4) is 0 Å². The van der Waals surface area contributed by atoms with Crippen LogP contribution < -0.4 is 4.87 Å². The number of aryl methyl sites for hydroxylation is 1. The van der Waals surface area contributed by atoms with Crippen molar-refractivity contribution in [2.45, 2.75) is 39.7 Å². The van der Waals surface area contributed by atoms with Gasteiger partial charge in [-0.3, -0.25) is 4.79 Å². The van der Waals surface area contributed by atoms with Crippen LogP contribution in [0.25, 0.3) is 0 Å². The Morgan fingerprint density at radius 1 is 1.27 bits per heavy atom. The number of thiazole rings is 1. The summed E-state index contributed by atoms with van der Waals surface area (Å²) in [7, 11) is 1.72. The lowest BCUT2D eigenvalue weighted by molar-refractivity contribution is 0.191. The standard InChI is InChI=1S/C11H19NO2S/c1-9-10(2)15-11(13)12(9)7-5-4-6-8-14-3/h4-8H2,1-3H3. The summed E-state index contributed by atoms with van der Waals surface area (Å²) in [4.78, 5) is 12.9. The number of methoxy groups -OCH3 is 1. The third-order valence-electron chi connectivity index (χ3n) is 2.61. The maximum Gasteiger partial charge on any atom is 0.307 e. The Kier molecular flexibility index (Phi) is 5.05. The molecule has 4 heteroatoms. The van der Waals surface area contributed by atoms with Gasteiger partial charge in [0.15, 0.2) is 0 Å². The fourth-order valence-electron chi connectivity index (χ4n) is 1.54. The minimum absolute atomic E-state index is 0.178. The number of hydrogen-bond acceptors (Lipinski definition) is 3. The molecular weight excluding hydrogens is 210 g/mol. The molecule has 1 rings (SSSR count). The molecule has 86 valence electrons. The van der Waals surface area contributed by atoms with Gasteiger partial charge in [-0.15, -0.1) is 0 Å². The zero-order chi connectivity index (χ0) is 11.3. The SMILES string of the molecule is COCCCCCn1c(C)c(C)sc1=O. The van der Waals surface area contributed by atoms with Gasteiger partial charge in [0, 0.05) is 30.8 Å². The van der Waals surface area contributed by atoms with E-state index in [1.807, 2.05) is 18.4 Å². The number of aromatic nitrogens is 1. The van der Waals surface area contributed by atoms with Gasteiger partial charge in [-0.2, -0.15) is 0 Å². The van der Waals surface area contributed by atoms with Crippen molar-refractivity contribution in [3.63, 3.8) is 0 Å². The second-order valence-electron chi connectivity index (χ2n) is 3.71. The highest BCUT2D eigenvalue weighted by molar-refractivity contribution is 7.09. The van der Waals surface area contributed by atoms with E-state index in [-0.39, 0.29) is 4.87 Å². The van der Waals surface area contributed by atoms with Gasteiger partial charge in [0.05, 0.1) is 0 Å². The van der Waals surface area contributed by atoms with Crippen molar-refractivity contribution in [3.05, 3.63) is 20.2 Å². The molecule has 0 aliphatic heterocycles. The molecule has 0 amide bonds. The smallest absolute Gasteiger partial charge is 0.307 e. The van der Waals surface area contributed by atoms with Crippen molar-refractivity contribution in [2.75, 3.05) is 13.7 Å². The maximum absolute atomic E-state index is 11.5. The minimum Gasteiger partial charge on any atom is -0.385 e. The highest BCUT2D eigenvalue weighted by atomic mass is 32.1. The lowest BCUT2D eigenvalue weighted by atomic mass is 10.2. The average Bonchev–Trinajstić information content (AvgIpc) is 2.44. The Morgan fingerprint density at radius 2 is 2.00 bits per heavy atom. The predicted molar refractivity (Wildman–Crippen MR) is 63.8 cm³/mol. The monoisotopic (exact) mass is 229 g/mol. The molecule has 0 saturated carbocycles. The van der Waals surface area contributed by atoms with Gasteiger partial charge in [0.25, 0.3) is 0 Å². The first-order valence-electron chi connectivity index (χ1n) is 5.32. The third kappa shape index (κ3) is 3.47. The van der Waals surface area contributed by atoms with Gasteiger partial charge in [0.1, 0.15) is 0 Å². The third-order valence-corrected chi connectivity index (χ3v) is 3.60. The number of hydrogen-bond donors (Lipinski definition) is 0. The van der Waals surface area contributed by atoms with Crippen LogP contribution >= 0.6 is 11.3 Å². The number of unbranched alkanes of at least 4 members (excludes halogenated alkanes) is 2. The average molecular weight is 229 g/mol. The summed E-state index contributed by atoms with van der Waals surface area (Å²) in [5.74, 6) is 0.